The number of rotatable bonds is 6. The molecular formula is C14H18N2O3. The summed E-state index contributed by atoms with van der Waals surface area (Å²) in [4.78, 5) is 24.2. The van der Waals surface area contributed by atoms with E-state index < -0.39 is 5.97 Å². The summed E-state index contributed by atoms with van der Waals surface area (Å²) in [5.41, 5.74) is 0.966. The van der Waals surface area contributed by atoms with Crippen molar-refractivity contribution in [3.8, 4) is 0 Å². The van der Waals surface area contributed by atoms with Gasteiger partial charge in [-0.15, -0.1) is 6.58 Å². The fourth-order valence-electron chi connectivity index (χ4n) is 1.62. The number of nitrogens with one attached hydrogen (secondary N) is 1. The maximum absolute atomic E-state index is 11.8. The molecule has 0 atom stereocenters. The van der Waals surface area contributed by atoms with E-state index in [1.54, 1.807) is 29.2 Å². The van der Waals surface area contributed by atoms with Crippen LogP contribution in [0.4, 0.5) is 4.79 Å². The minimum absolute atomic E-state index is 0.192. The van der Waals surface area contributed by atoms with Gasteiger partial charge in [0.05, 0.1) is 5.56 Å². The second-order valence-corrected chi connectivity index (χ2v) is 3.99. The number of carbonyl (C=O) groups is 2. The third kappa shape index (κ3) is 4.46. The fraction of sp³-hybridized carbons (Fsp3) is 0.286. The molecule has 5 nitrogen and oxygen atoms in total. The van der Waals surface area contributed by atoms with Gasteiger partial charge >= 0.3 is 12.0 Å². The number of amides is 2. The van der Waals surface area contributed by atoms with Crippen LogP contribution in [0.1, 0.15) is 22.8 Å². The van der Waals surface area contributed by atoms with Crippen LogP contribution in [0.2, 0.25) is 0 Å². The molecule has 1 rings (SSSR count). The number of aromatic carboxylic acids is 1. The standard InChI is InChI=1S/C14H18N2O3/c1-3-8-16(4-2)14(19)15-10-11-6-5-7-12(9-11)13(17)18/h3,5-7,9H,1,4,8,10H2,2H3,(H,15,19)(H,17,18). The van der Waals surface area contributed by atoms with Gasteiger partial charge in [-0.2, -0.15) is 0 Å². The molecule has 0 aliphatic carbocycles. The number of carboxylic acids is 1. The van der Waals surface area contributed by atoms with Crippen LogP contribution in [0.3, 0.4) is 0 Å². The zero-order chi connectivity index (χ0) is 14.3. The van der Waals surface area contributed by atoms with E-state index in [4.69, 9.17) is 5.11 Å². The van der Waals surface area contributed by atoms with Crippen LogP contribution in [-0.4, -0.2) is 35.1 Å². The summed E-state index contributed by atoms with van der Waals surface area (Å²) in [6, 6.07) is 6.31. The van der Waals surface area contributed by atoms with Crippen molar-refractivity contribution in [1.29, 1.82) is 0 Å². The van der Waals surface area contributed by atoms with Gasteiger partial charge in [0.25, 0.3) is 0 Å². The lowest BCUT2D eigenvalue weighted by Crippen LogP contribution is -2.39. The first-order chi connectivity index (χ1) is 9.08. The molecule has 0 aliphatic rings. The normalized spacial score (nSPS) is 9.74. The van der Waals surface area contributed by atoms with Gasteiger partial charge in [0.2, 0.25) is 0 Å². The lowest BCUT2D eigenvalue weighted by atomic mass is 10.1. The highest BCUT2D eigenvalue weighted by molar-refractivity contribution is 5.87. The molecule has 2 amide bonds. The maximum atomic E-state index is 11.8. The Balaban J connectivity index is 2.61. The zero-order valence-corrected chi connectivity index (χ0v) is 10.9. The van der Waals surface area contributed by atoms with Crippen molar-refractivity contribution in [2.24, 2.45) is 0 Å². The minimum Gasteiger partial charge on any atom is -0.478 e. The average molecular weight is 262 g/mol. The third-order valence-electron chi connectivity index (χ3n) is 2.64. The zero-order valence-electron chi connectivity index (χ0n) is 10.9. The third-order valence-corrected chi connectivity index (χ3v) is 2.64. The summed E-state index contributed by atoms with van der Waals surface area (Å²) >= 11 is 0. The Hall–Kier alpha value is -2.30. The van der Waals surface area contributed by atoms with Gasteiger partial charge in [0.1, 0.15) is 0 Å². The average Bonchev–Trinajstić information content (AvgIpc) is 2.42. The van der Waals surface area contributed by atoms with E-state index in [1.807, 2.05) is 6.92 Å². The van der Waals surface area contributed by atoms with Gasteiger partial charge in [0.15, 0.2) is 0 Å². The van der Waals surface area contributed by atoms with Crippen LogP contribution in [0, 0.1) is 0 Å². The van der Waals surface area contributed by atoms with E-state index in [0.717, 1.165) is 5.56 Å². The molecular weight excluding hydrogens is 244 g/mol. The number of benzene rings is 1. The molecule has 5 heteroatoms. The highest BCUT2D eigenvalue weighted by atomic mass is 16.4. The number of hydrogen-bond acceptors (Lipinski definition) is 2. The molecule has 102 valence electrons. The highest BCUT2D eigenvalue weighted by Crippen LogP contribution is 2.05. The molecule has 0 bridgehead atoms. The molecule has 0 saturated heterocycles. The van der Waals surface area contributed by atoms with E-state index in [0.29, 0.717) is 19.6 Å². The van der Waals surface area contributed by atoms with E-state index in [-0.39, 0.29) is 11.6 Å². The Kier molecular flexibility index (Phi) is 5.60. The molecule has 0 heterocycles. The lowest BCUT2D eigenvalue weighted by molar-refractivity contribution is 0.0696. The van der Waals surface area contributed by atoms with Crippen molar-refractivity contribution in [3.05, 3.63) is 48.0 Å². The topological polar surface area (TPSA) is 69.6 Å². The number of likely N-dealkylation sites (N-methyl/N-ethyl adjacent to an activating group) is 1. The van der Waals surface area contributed by atoms with E-state index >= 15 is 0 Å². The lowest BCUT2D eigenvalue weighted by Gasteiger charge is -2.19. The first kappa shape index (κ1) is 14.8. The van der Waals surface area contributed by atoms with Gasteiger partial charge < -0.3 is 15.3 Å². The Morgan fingerprint density at radius 3 is 2.79 bits per heavy atom. The molecule has 0 spiro atoms. The Labute approximate surface area is 112 Å². The molecule has 1 aromatic rings. The molecule has 1 aromatic carbocycles. The van der Waals surface area contributed by atoms with Crippen molar-refractivity contribution >= 4 is 12.0 Å². The predicted octanol–water partition coefficient (Wildman–Crippen LogP) is 2.10. The summed E-state index contributed by atoms with van der Waals surface area (Å²) in [5.74, 6) is -0.977. The van der Waals surface area contributed by atoms with Crippen LogP contribution in [0.15, 0.2) is 36.9 Å². The summed E-state index contributed by atoms with van der Waals surface area (Å²) in [6.07, 6.45) is 1.66. The van der Waals surface area contributed by atoms with Crippen LogP contribution in [0.25, 0.3) is 0 Å². The molecule has 0 radical (unpaired) electrons. The van der Waals surface area contributed by atoms with Gasteiger partial charge in [-0.1, -0.05) is 18.2 Å². The van der Waals surface area contributed by atoms with Crippen LogP contribution < -0.4 is 5.32 Å². The Morgan fingerprint density at radius 1 is 1.47 bits per heavy atom. The van der Waals surface area contributed by atoms with Crippen molar-refractivity contribution in [3.63, 3.8) is 0 Å². The molecule has 0 aromatic heterocycles. The highest BCUT2D eigenvalue weighted by Gasteiger charge is 2.09. The van der Waals surface area contributed by atoms with Crippen molar-refractivity contribution in [2.75, 3.05) is 13.1 Å². The smallest absolute Gasteiger partial charge is 0.335 e. The molecule has 0 saturated carbocycles. The van der Waals surface area contributed by atoms with Crippen molar-refractivity contribution in [2.45, 2.75) is 13.5 Å². The van der Waals surface area contributed by atoms with E-state index in [1.165, 1.54) is 6.07 Å². The van der Waals surface area contributed by atoms with Crippen LogP contribution in [0.5, 0.6) is 0 Å². The van der Waals surface area contributed by atoms with Crippen molar-refractivity contribution in [1.82, 2.24) is 10.2 Å². The summed E-state index contributed by atoms with van der Waals surface area (Å²) in [7, 11) is 0. The van der Waals surface area contributed by atoms with E-state index in [2.05, 4.69) is 11.9 Å². The van der Waals surface area contributed by atoms with E-state index in [9.17, 15) is 9.59 Å². The van der Waals surface area contributed by atoms with Gasteiger partial charge in [-0.3, -0.25) is 0 Å². The second-order valence-electron chi connectivity index (χ2n) is 3.99. The largest absolute Gasteiger partial charge is 0.478 e. The summed E-state index contributed by atoms with van der Waals surface area (Å²) < 4.78 is 0. The summed E-state index contributed by atoms with van der Waals surface area (Å²) in [6.45, 7) is 6.85. The number of carboxylic acid groups (broad SMARTS) is 1. The Morgan fingerprint density at radius 2 is 2.21 bits per heavy atom. The number of carbonyl (C=O) groups excluding carboxylic acids is 1. The molecule has 2 N–H and O–H groups in total. The van der Waals surface area contributed by atoms with Gasteiger partial charge in [-0.25, -0.2) is 9.59 Å². The fourth-order valence-corrected chi connectivity index (χ4v) is 1.62. The van der Waals surface area contributed by atoms with Crippen molar-refractivity contribution < 1.29 is 14.7 Å². The van der Waals surface area contributed by atoms with Crippen LogP contribution in [-0.2, 0) is 6.54 Å². The predicted molar refractivity (Wildman–Crippen MR) is 73.1 cm³/mol. The quantitative estimate of drug-likeness (QED) is 0.771. The number of nitrogens with zero attached hydrogens (tertiary/aromatic N) is 1. The van der Waals surface area contributed by atoms with Gasteiger partial charge in [-0.05, 0) is 24.6 Å². The number of hydrogen-bond donors (Lipinski definition) is 2. The molecule has 19 heavy (non-hydrogen) atoms. The first-order valence-electron chi connectivity index (χ1n) is 6.04. The van der Waals surface area contributed by atoms with Gasteiger partial charge in [0, 0.05) is 19.6 Å². The molecule has 0 aliphatic heterocycles. The SMILES string of the molecule is C=CCN(CC)C(=O)NCc1cccc(C(=O)O)c1. The monoisotopic (exact) mass is 262 g/mol. The maximum Gasteiger partial charge on any atom is 0.335 e. The minimum atomic E-state index is -0.977. The second kappa shape index (κ2) is 7.20. The molecule has 0 fully saturated rings. The first-order valence-corrected chi connectivity index (χ1v) is 6.04. The Bertz CT molecular complexity index is 472. The molecule has 0 unspecified atom stereocenters. The summed E-state index contributed by atoms with van der Waals surface area (Å²) in [5, 5.41) is 11.6. The van der Waals surface area contributed by atoms with Crippen LogP contribution >= 0.6 is 0 Å². The number of urea groups is 1.